The minimum Gasteiger partial charge on any atom is -0.497 e. The van der Waals surface area contributed by atoms with E-state index in [0.717, 1.165) is 30.6 Å². The summed E-state index contributed by atoms with van der Waals surface area (Å²) in [6, 6.07) is 7.83. The van der Waals surface area contributed by atoms with E-state index < -0.39 is 0 Å². The number of ketones is 1. The van der Waals surface area contributed by atoms with Crippen molar-refractivity contribution in [2.75, 3.05) is 7.11 Å². The number of carbonyl (C=O) groups is 1. The monoisotopic (exact) mass is 190 g/mol. The molecule has 14 heavy (non-hydrogen) atoms. The van der Waals surface area contributed by atoms with Crippen molar-refractivity contribution in [1.29, 1.82) is 0 Å². The Balaban J connectivity index is 2.26. The summed E-state index contributed by atoms with van der Waals surface area (Å²) in [7, 11) is 1.65. The number of methoxy groups -OCH3 is 1. The van der Waals surface area contributed by atoms with Crippen LogP contribution < -0.4 is 4.74 Å². The highest BCUT2D eigenvalue weighted by Crippen LogP contribution is 2.32. The van der Waals surface area contributed by atoms with Crippen LogP contribution >= 0.6 is 0 Å². The number of rotatable bonds is 2. The van der Waals surface area contributed by atoms with Gasteiger partial charge in [-0.1, -0.05) is 12.1 Å². The second-order valence-corrected chi connectivity index (χ2v) is 3.69. The van der Waals surface area contributed by atoms with Crippen molar-refractivity contribution in [3.05, 3.63) is 29.8 Å². The predicted molar refractivity (Wildman–Crippen MR) is 54.6 cm³/mol. The summed E-state index contributed by atoms with van der Waals surface area (Å²) in [5.41, 5.74) is 1.10. The maximum Gasteiger partial charge on any atom is 0.140 e. The van der Waals surface area contributed by atoms with Crippen LogP contribution in [0.1, 0.15) is 30.7 Å². The third kappa shape index (κ3) is 1.65. The van der Waals surface area contributed by atoms with Crippen LogP contribution in [-0.4, -0.2) is 12.9 Å². The number of carbonyl (C=O) groups excluding carboxylic acids is 1. The zero-order chi connectivity index (χ0) is 9.97. The molecule has 2 nitrogen and oxygen atoms in total. The minimum absolute atomic E-state index is 0.116. The smallest absolute Gasteiger partial charge is 0.140 e. The number of hydrogen-bond acceptors (Lipinski definition) is 2. The Labute approximate surface area is 83.9 Å². The third-order valence-electron chi connectivity index (χ3n) is 2.80. The van der Waals surface area contributed by atoms with Gasteiger partial charge in [-0.15, -0.1) is 0 Å². The van der Waals surface area contributed by atoms with E-state index in [4.69, 9.17) is 4.74 Å². The van der Waals surface area contributed by atoms with Crippen molar-refractivity contribution in [2.45, 2.75) is 25.2 Å². The summed E-state index contributed by atoms with van der Waals surface area (Å²) in [4.78, 5) is 11.5. The molecule has 2 heteroatoms. The van der Waals surface area contributed by atoms with Crippen molar-refractivity contribution >= 4 is 5.78 Å². The maximum atomic E-state index is 11.5. The van der Waals surface area contributed by atoms with Gasteiger partial charge in [0.25, 0.3) is 0 Å². The summed E-state index contributed by atoms with van der Waals surface area (Å²) < 4.78 is 5.14. The Morgan fingerprint density at radius 2 is 2.29 bits per heavy atom. The quantitative estimate of drug-likeness (QED) is 0.716. The molecule has 74 valence electrons. The van der Waals surface area contributed by atoms with Crippen LogP contribution in [0.4, 0.5) is 0 Å². The molecule has 1 aromatic rings. The van der Waals surface area contributed by atoms with Crippen LogP contribution in [-0.2, 0) is 4.79 Å². The Morgan fingerprint density at radius 3 is 2.93 bits per heavy atom. The van der Waals surface area contributed by atoms with Gasteiger partial charge < -0.3 is 4.74 Å². The minimum atomic E-state index is 0.116. The Bertz CT molecular complexity index is 344. The molecule has 0 amide bonds. The van der Waals surface area contributed by atoms with Crippen molar-refractivity contribution < 1.29 is 9.53 Å². The highest BCUT2D eigenvalue weighted by molar-refractivity contribution is 5.87. The van der Waals surface area contributed by atoms with Crippen molar-refractivity contribution in [2.24, 2.45) is 0 Å². The van der Waals surface area contributed by atoms with Crippen molar-refractivity contribution in [1.82, 2.24) is 0 Å². The number of benzene rings is 1. The van der Waals surface area contributed by atoms with Gasteiger partial charge in [0.1, 0.15) is 11.5 Å². The summed E-state index contributed by atoms with van der Waals surface area (Å²) in [5, 5.41) is 0. The summed E-state index contributed by atoms with van der Waals surface area (Å²) in [6.07, 6.45) is 2.76. The van der Waals surface area contributed by atoms with E-state index in [0.29, 0.717) is 5.78 Å². The van der Waals surface area contributed by atoms with Crippen LogP contribution in [0.5, 0.6) is 5.75 Å². The average molecular weight is 190 g/mol. The first kappa shape index (κ1) is 9.25. The lowest BCUT2D eigenvalue weighted by Crippen LogP contribution is -2.03. The van der Waals surface area contributed by atoms with E-state index in [1.54, 1.807) is 7.11 Å². The van der Waals surface area contributed by atoms with Gasteiger partial charge in [0.05, 0.1) is 7.11 Å². The largest absolute Gasteiger partial charge is 0.497 e. The third-order valence-corrected chi connectivity index (χ3v) is 2.80. The standard InChI is InChI=1S/C12H14O2/c1-14-10-5-2-4-9(8-10)11-6-3-7-12(11)13/h2,4-5,8,11H,3,6-7H2,1H3. The van der Waals surface area contributed by atoms with Crippen LogP contribution in [0.3, 0.4) is 0 Å². The first-order chi connectivity index (χ1) is 6.81. The van der Waals surface area contributed by atoms with E-state index in [9.17, 15) is 4.79 Å². The van der Waals surface area contributed by atoms with E-state index in [1.165, 1.54) is 0 Å². The number of Topliss-reactive ketones (excluding diaryl/α,β-unsaturated/α-hetero) is 1. The van der Waals surface area contributed by atoms with E-state index in [1.807, 2.05) is 24.3 Å². The molecular formula is C12H14O2. The molecule has 1 atom stereocenters. The molecular weight excluding hydrogens is 176 g/mol. The van der Waals surface area contributed by atoms with E-state index in [2.05, 4.69) is 0 Å². The van der Waals surface area contributed by atoms with Crippen molar-refractivity contribution in [3.8, 4) is 5.75 Å². The zero-order valence-corrected chi connectivity index (χ0v) is 8.32. The second-order valence-electron chi connectivity index (χ2n) is 3.69. The fourth-order valence-electron chi connectivity index (χ4n) is 2.03. The molecule has 1 fully saturated rings. The molecule has 0 aliphatic heterocycles. The van der Waals surface area contributed by atoms with Crippen LogP contribution in [0.25, 0.3) is 0 Å². The van der Waals surface area contributed by atoms with Crippen LogP contribution in [0, 0.1) is 0 Å². The highest BCUT2D eigenvalue weighted by atomic mass is 16.5. The predicted octanol–water partition coefficient (Wildman–Crippen LogP) is 2.53. The van der Waals surface area contributed by atoms with E-state index in [-0.39, 0.29) is 5.92 Å². The molecule has 1 aromatic carbocycles. The van der Waals surface area contributed by atoms with Gasteiger partial charge in [0.15, 0.2) is 0 Å². The molecule has 0 aromatic heterocycles. The fraction of sp³-hybridized carbons (Fsp3) is 0.417. The molecule has 0 spiro atoms. The number of ether oxygens (including phenoxy) is 1. The van der Waals surface area contributed by atoms with E-state index >= 15 is 0 Å². The molecule has 0 N–H and O–H groups in total. The maximum absolute atomic E-state index is 11.5. The molecule has 1 aliphatic carbocycles. The lowest BCUT2D eigenvalue weighted by Gasteiger charge is -2.09. The van der Waals surface area contributed by atoms with Gasteiger partial charge >= 0.3 is 0 Å². The first-order valence-electron chi connectivity index (χ1n) is 4.98. The van der Waals surface area contributed by atoms with Gasteiger partial charge in [-0.05, 0) is 30.5 Å². The lowest BCUT2D eigenvalue weighted by atomic mass is 9.97. The van der Waals surface area contributed by atoms with Gasteiger partial charge in [-0.2, -0.15) is 0 Å². The molecule has 1 saturated carbocycles. The molecule has 2 rings (SSSR count). The fourth-order valence-corrected chi connectivity index (χ4v) is 2.03. The summed E-state index contributed by atoms with van der Waals surface area (Å²) in [5.74, 6) is 1.32. The van der Waals surface area contributed by atoms with Gasteiger partial charge in [0.2, 0.25) is 0 Å². The first-order valence-corrected chi connectivity index (χ1v) is 4.98. The molecule has 1 aliphatic rings. The Kier molecular flexibility index (Phi) is 2.53. The topological polar surface area (TPSA) is 26.3 Å². The molecule has 1 unspecified atom stereocenters. The van der Waals surface area contributed by atoms with Gasteiger partial charge in [-0.25, -0.2) is 0 Å². The van der Waals surface area contributed by atoms with Crippen LogP contribution in [0.2, 0.25) is 0 Å². The van der Waals surface area contributed by atoms with Crippen LogP contribution in [0.15, 0.2) is 24.3 Å². The lowest BCUT2D eigenvalue weighted by molar-refractivity contribution is -0.118. The zero-order valence-electron chi connectivity index (χ0n) is 8.32. The summed E-state index contributed by atoms with van der Waals surface area (Å²) >= 11 is 0. The van der Waals surface area contributed by atoms with Crippen molar-refractivity contribution in [3.63, 3.8) is 0 Å². The number of hydrogen-bond donors (Lipinski definition) is 0. The normalized spacial score (nSPS) is 21.2. The van der Waals surface area contributed by atoms with Gasteiger partial charge in [-0.3, -0.25) is 4.79 Å². The average Bonchev–Trinajstić information content (AvgIpc) is 2.65. The SMILES string of the molecule is COc1cccc(C2CCCC2=O)c1. The Morgan fingerprint density at radius 1 is 1.43 bits per heavy atom. The summed E-state index contributed by atoms with van der Waals surface area (Å²) in [6.45, 7) is 0. The van der Waals surface area contributed by atoms with Gasteiger partial charge in [0, 0.05) is 12.3 Å². The molecule has 0 saturated heterocycles. The molecule has 0 heterocycles. The molecule has 0 bridgehead atoms. The molecule has 0 radical (unpaired) electrons. The Hall–Kier alpha value is -1.31. The second kappa shape index (κ2) is 3.82. The highest BCUT2D eigenvalue weighted by Gasteiger charge is 2.25.